The van der Waals surface area contributed by atoms with Gasteiger partial charge in [-0.05, 0) is 48.6 Å². The molecule has 30 heavy (non-hydrogen) atoms. The van der Waals surface area contributed by atoms with Crippen LogP contribution in [0.4, 0.5) is 0 Å². The third-order valence-electron chi connectivity index (χ3n) is 5.47. The van der Waals surface area contributed by atoms with E-state index in [1.807, 2.05) is 59.3 Å². The predicted molar refractivity (Wildman–Crippen MR) is 122 cm³/mol. The third-order valence-corrected chi connectivity index (χ3v) is 6.46. The summed E-state index contributed by atoms with van der Waals surface area (Å²) in [4.78, 5) is 18.0. The maximum Gasteiger partial charge on any atom is 0.261 e. The molecule has 0 fully saturated rings. The van der Waals surface area contributed by atoms with Gasteiger partial charge < -0.3 is 9.30 Å². The molecule has 0 bridgehead atoms. The number of aryl methyl sites for hydroxylation is 1. The zero-order valence-electron chi connectivity index (χ0n) is 16.8. The van der Waals surface area contributed by atoms with Crippen molar-refractivity contribution < 1.29 is 4.74 Å². The Balaban J connectivity index is 1.62. The maximum absolute atomic E-state index is 13.5. The number of ether oxygens (including phenoxy) is 1. The van der Waals surface area contributed by atoms with Crippen molar-refractivity contribution in [2.24, 2.45) is 0 Å². The summed E-state index contributed by atoms with van der Waals surface area (Å²) in [6, 6.07) is 11.9. The van der Waals surface area contributed by atoms with Crippen molar-refractivity contribution in [3.63, 3.8) is 0 Å². The number of thiazole rings is 1. The van der Waals surface area contributed by atoms with Gasteiger partial charge in [0.2, 0.25) is 0 Å². The molecule has 0 amide bonds. The Morgan fingerprint density at radius 1 is 1.17 bits per heavy atom. The molecule has 1 aliphatic carbocycles. The molecule has 2 aliphatic rings. The first-order valence-electron chi connectivity index (χ1n) is 10.1. The summed E-state index contributed by atoms with van der Waals surface area (Å²) in [6.07, 6.45) is 10.4. The Hall–Kier alpha value is -3.18. The van der Waals surface area contributed by atoms with E-state index in [2.05, 4.69) is 23.2 Å². The van der Waals surface area contributed by atoms with Gasteiger partial charge in [-0.3, -0.25) is 4.79 Å². The molecule has 0 saturated carbocycles. The Bertz CT molecular complexity index is 1250. The van der Waals surface area contributed by atoms with Crippen LogP contribution in [-0.4, -0.2) is 9.55 Å². The fourth-order valence-corrected chi connectivity index (χ4v) is 4.70. The van der Waals surface area contributed by atoms with Crippen LogP contribution in [0.2, 0.25) is 0 Å². The van der Waals surface area contributed by atoms with Gasteiger partial charge in [-0.15, -0.1) is 11.3 Å². The molecule has 0 N–H and O–H groups in total. The molecule has 5 heteroatoms. The molecule has 0 radical (unpaired) electrons. The largest absolute Gasteiger partial charge is 0.487 e. The average Bonchev–Trinajstić information content (AvgIpc) is 3.10. The third kappa shape index (κ3) is 3.57. The number of nitrogens with zero attached hydrogens (tertiary/aromatic N) is 2. The van der Waals surface area contributed by atoms with Crippen molar-refractivity contribution >= 4 is 17.4 Å². The lowest BCUT2D eigenvalue weighted by Gasteiger charge is -2.18. The van der Waals surface area contributed by atoms with E-state index in [1.54, 1.807) is 0 Å². The summed E-state index contributed by atoms with van der Waals surface area (Å²) < 4.78 is 8.10. The van der Waals surface area contributed by atoms with Crippen LogP contribution in [0.1, 0.15) is 29.8 Å². The van der Waals surface area contributed by atoms with E-state index in [9.17, 15) is 4.79 Å². The number of rotatable bonds is 4. The van der Waals surface area contributed by atoms with Gasteiger partial charge in [0.05, 0.1) is 11.3 Å². The molecule has 1 aromatic carbocycles. The van der Waals surface area contributed by atoms with E-state index < -0.39 is 0 Å². The van der Waals surface area contributed by atoms with Crippen molar-refractivity contribution in [2.75, 3.05) is 0 Å². The predicted octanol–water partition coefficient (Wildman–Crippen LogP) is 5.53. The second kappa shape index (κ2) is 7.92. The van der Waals surface area contributed by atoms with Crippen LogP contribution in [0.25, 0.3) is 16.6 Å². The summed E-state index contributed by atoms with van der Waals surface area (Å²) in [7, 11) is 0. The molecule has 3 aromatic rings. The monoisotopic (exact) mass is 414 g/mol. The summed E-state index contributed by atoms with van der Waals surface area (Å²) >= 11 is 1.50. The maximum atomic E-state index is 13.5. The van der Waals surface area contributed by atoms with Crippen molar-refractivity contribution in [3.8, 4) is 16.3 Å². The molecule has 1 aliphatic heterocycles. The summed E-state index contributed by atoms with van der Waals surface area (Å²) in [6.45, 7) is 2.98. The Labute approximate surface area is 179 Å². The van der Waals surface area contributed by atoms with Crippen molar-refractivity contribution in [1.82, 2.24) is 9.55 Å². The minimum Gasteiger partial charge on any atom is -0.487 e. The van der Waals surface area contributed by atoms with Gasteiger partial charge >= 0.3 is 0 Å². The molecule has 4 nitrogen and oxygen atoms in total. The number of pyridine rings is 1. The first kappa shape index (κ1) is 18.8. The lowest BCUT2D eigenvalue weighted by Crippen LogP contribution is -2.25. The standard InChI is InChI=1S/C25H22N2O2S/c1-17-16-30-24(26-17)21-13-23(29-15-18-7-3-2-4-8-18)22-12-11-19-9-5-6-10-20(19)14-27(22)25(21)28/h2-5,7-9,11-13,16H,6,10,14-15H2,1H3. The number of aromatic nitrogens is 2. The van der Waals surface area contributed by atoms with E-state index in [0.717, 1.165) is 34.8 Å². The highest BCUT2D eigenvalue weighted by Gasteiger charge is 2.21. The van der Waals surface area contributed by atoms with Crippen LogP contribution < -0.4 is 10.3 Å². The number of benzene rings is 1. The first-order valence-corrected chi connectivity index (χ1v) is 11.0. The minimum atomic E-state index is -0.0145. The highest BCUT2D eigenvalue weighted by molar-refractivity contribution is 7.13. The van der Waals surface area contributed by atoms with Gasteiger partial charge in [0.15, 0.2) is 0 Å². The highest BCUT2D eigenvalue weighted by atomic mass is 32.1. The van der Waals surface area contributed by atoms with Crippen LogP contribution >= 0.6 is 11.3 Å². The topological polar surface area (TPSA) is 44.1 Å². The van der Waals surface area contributed by atoms with Crippen molar-refractivity contribution in [3.05, 3.63) is 98.5 Å². The van der Waals surface area contributed by atoms with E-state index in [4.69, 9.17) is 4.74 Å². The summed E-state index contributed by atoms with van der Waals surface area (Å²) in [5, 5.41) is 2.71. The van der Waals surface area contributed by atoms with Crippen molar-refractivity contribution in [1.29, 1.82) is 0 Å². The molecule has 0 saturated heterocycles. The van der Waals surface area contributed by atoms with Gasteiger partial charge in [0.25, 0.3) is 5.56 Å². The van der Waals surface area contributed by atoms with Crippen LogP contribution in [0, 0.1) is 6.92 Å². The van der Waals surface area contributed by atoms with E-state index in [1.165, 1.54) is 22.5 Å². The van der Waals surface area contributed by atoms with Gasteiger partial charge in [0, 0.05) is 17.6 Å². The lowest BCUT2D eigenvalue weighted by atomic mass is 9.98. The zero-order valence-corrected chi connectivity index (χ0v) is 17.6. The molecule has 3 heterocycles. The van der Waals surface area contributed by atoms with Crippen molar-refractivity contribution in [2.45, 2.75) is 32.9 Å². The lowest BCUT2D eigenvalue weighted by molar-refractivity contribution is 0.302. The summed E-state index contributed by atoms with van der Waals surface area (Å²) in [5.74, 6) is 0.710. The van der Waals surface area contributed by atoms with Gasteiger partial charge in [0.1, 0.15) is 17.4 Å². The Morgan fingerprint density at radius 3 is 2.83 bits per heavy atom. The zero-order chi connectivity index (χ0) is 20.5. The molecule has 2 aromatic heterocycles. The number of hydrogen-bond donors (Lipinski definition) is 0. The molecule has 0 atom stereocenters. The molecular formula is C25H22N2O2S. The number of fused-ring (bicyclic) bond motifs is 1. The smallest absolute Gasteiger partial charge is 0.261 e. The molecule has 0 unspecified atom stereocenters. The molecule has 5 rings (SSSR count). The molecule has 0 spiro atoms. The van der Waals surface area contributed by atoms with Gasteiger partial charge in [-0.1, -0.05) is 48.6 Å². The SMILES string of the molecule is Cc1csc(-c2cc(OCc3ccccc3)c3n(c2=O)CC2=C(C=CCC2)C=C3)n1. The highest BCUT2D eigenvalue weighted by Crippen LogP contribution is 2.32. The van der Waals surface area contributed by atoms with Crippen LogP contribution in [-0.2, 0) is 13.2 Å². The first-order chi connectivity index (χ1) is 14.7. The molecular weight excluding hydrogens is 392 g/mol. The van der Waals surface area contributed by atoms with Gasteiger partial charge in [-0.25, -0.2) is 4.98 Å². The van der Waals surface area contributed by atoms with Crippen LogP contribution in [0.3, 0.4) is 0 Å². The fraction of sp³-hybridized carbons (Fsp3) is 0.200. The fourth-order valence-electron chi connectivity index (χ4n) is 3.90. The minimum absolute atomic E-state index is 0.0145. The van der Waals surface area contributed by atoms with Crippen LogP contribution in [0.15, 0.2) is 75.9 Å². The Morgan fingerprint density at radius 2 is 2.03 bits per heavy atom. The Kier molecular flexibility index (Phi) is 4.97. The second-order valence-electron chi connectivity index (χ2n) is 7.60. The molecule has 150 valence electrons. The van der Waals surface area contributed by atoms with E-state index in [-0.39, 0.29) is 5.56 Å². The summed E-state index contributed by atoms with van der Waals surface area (Å²) in [5.41, 5.74) is 5.90. The van der Waals surface area contributed by atoms with E-state index >= 15 is 0 Å². The van der Waals surface area contributed by atoms with E-state index in [0.29, 0.717) is 24.5 Å². The average molecular weight is 415 g/mol. The number of hydrogen-bond acceptors (Lipinski definition) is 4. The number of allylic oxidation sites excluding steroid dienone is 5. The van der Waals surface area contributed by atoms with Gasteiger partial charge in [-0.2, -0.15) is 0 Å². The second-order valence-corrected chi connectivity index (χ2v) is 8.46. The normalized spacial score (nSPS) is 15.0. The van der Waals surface area contributed by atoms with Crippen LogP contribution in [0.5, 0.6) is 5.75 Å². The quantitative estimate of drug-likeness (QED) is 0.564.